The van der Waals surface area contributed by atoms with E-state index in [9.17, 15) is 4.79 Å². The molecule has 0 bridgehead atoms. The Morgan fingerprint density at radius 2 is 1.89 bits per heavy atom. The van der Waals surface area contributed by atoms with Gasteiger partial charge in [-0.15, -0.1) is 0 Å². The third kappa shape index (κ3) is 2.40. The molecule has 1 aromatic heterocycles. The van der Waals surface area contributed by atoms with E-state index in [2.05, 4.69) is 31.0 Å². The molecule has 3 heteroatoms. The maximum absolute atomic E-state index is 11.5. The lowest BCUT2D eigenvalue weighted by Gasteiger charge is -2.06. The van der Waals surface area contributed by atoms with Crippen LogP contribution >= 0.6 is 0 Å². The van der Waals surface area contributed by atoms with Gasteiger partial charge in [0.25, 0.3) is 0 Å². The summed E-state index contributed by atoms with van der Waals surface area (Å²) in [6, 6.07) is 9.52. The number of methoxy groups -OCH3 is 1. The van der Waals surface area contributed by atoms with Crippen LogP contribution in [0.15, 0.2) is 36.5 Å². The first-order valence-electron chi connectivity index (χ1n) is 5.74. The van der Waals surface area contributed by atoms with Gasteiger partial charge in [0.15, 0.2) is 0 Å². The van der Waals surface area contributed by atoms with E-state index in [1.807, 2.05) is 6.07 Å². The molecule has 0 aliphatic rings. The summed E-state index contributed by atoms with van der Waals surface area (Å²) in [6.07, 6.45) is 1.62. The van der Waals surface area contributed by atoms with Gasteiger partial charge >= 0.3 is 5.97 Å². The van der Waals surface area contributed by atoms with E-state index >= 15 is 0 Å². The van der Waals surface area contributed by atoms with Gasteiger partial charge in [0.1, 0.15) is 0 Å². The van der Waals surface area contributed by atoms with Crippen LogP contribution in [0, 0.1) is 13.8 Å². The van der Waals surface area contributed by atoms with Crippen molar-refractivity contribution in [3.05, 3.63) is 53.2 Å². The zero-order valence-corrected chi connectivity index (χ0v) is 10.7. The zero-order chi connectivity index (χ0) is 13.1. The number of esters is 1. The molecule has 0 atom stereocenters. The van der Waals surface area contributed by atoms with E-state index in [4.69, 9.17) is 4.74 Å². The standard InChI is InChI=1S/C15H15NO2/c1-10-4-5-12(8-11(10)2)14-9-13(6-7-16-14)15(17)18-3/h4-9H,1-3H3. The van der Waals surface area contributed by atoms with Crippen LogP contribution in [-0.2, 0) is 4.74 Å². The highest BCUT2D eigenvalue weighted by Gasteiger charge is 2.08. The Labute approximate surface area is 106 Å². The van der Waals surface area contributed by atoms with E-state index in [1.165, 1.54) is 18.2 Å². The van der Waals surface area contributed by atoms with E-state index in [1.54, 1.807) is 18.3 Å². The fraction of sp³-hybridized carbons (Fsp3) is 0.200. The number of rotatable bonds is 2. The molecule has 0 saturated carbocycles. The quantitative estimate of drug-likeness (QED) is 0.758. The molecule has 2 rings (SSSR count). The van der Waals surface area contributed by atoms with E-state index in [-0.39, 0.29) is 5.97 Å². The van der Waals surface area contributed by atoms with Gasteiger partial charge < -0.3 is 4.74 Å². The summed E-state index contributed by atoms with van der Waals surface area (Å²) >= 11 is 0. The van der Waals surface area contributed by atoms with Crippen LogP contribution in [0.5, 0.6) is 0 Å². The Morgan fingerprint density at radius 3 is 2.56 bits per heavy atom. The smallest absolute Gasteiger partial charge is 0.337 e. The molecule has 0 aliphatic carbocycles. The Balaban J connectivity index is 2.44. The minimum Gasteiger partial charge on any atom is -0.465 e. The number of pyridine rings is 1. The van der Waals surface area contributed by atoms with Crippen molar-refractivity contribution in [2.75, 3.05) is 7.11 Å². The van der Waals surface area contributed by atoms with E-state index in [0.29, 0.717) is 5.56 Å². The molecule has 0 fully saturated rings. The van der Waals surface area contributed by atoms with Crippen molar-refractivity contribution < 1.29 is 9.53 Å². The Bertz CT molecular complexity index is 591. The maximum Gasteiger partial charge on any atom is 0.337 e. The lowest BCUT2D eigenvalue weighted by molar-refractivity contribution is 0.0600. The van der Waals surface area contributed by atoms with Crippen LogP contribution in [0.2, 0.25) is 0 Å². The second-order valence-corrected chi connectivity index (χ2v) is 4.22. The number of carbonyl (C=O) groups excluding carboxylic acids is 1. The molecule has 2 aromatic rings. The average molecular weight is 241 g/mol. The Hall–Kier alpha value is -2.16. The molecule has 92 valence electrons. The van der Waals surface area contributed by atoms with Gasteiger partial charge in [-0.2, -0.15) is 0 Å². The molecule has 18 heavy (non-hydrogen) atoms. The minimum absolute atomic E-state index is 0.345. The molecule has 1 heterocycles. The second-order valence-electron chi connectivity index (χ2n) is 4.22. The van der Waals surface area contributed by atoms with Crippen LogP contribution in [-0.4, -0.2) is 18.1 Å². The first-order chi connectivity index (χ1) is 8.61. The normalized spacial score (nSPS) is 10.2. The van der Waals surface area contributed by atoms with Crippen LogP contribution in [0.25, 0.3) is 11.3 Å². The van der Waals surface area contributed by atoms with Gasteiger partial charge in [0.05, 0.1) is 18.4 Å². The van der Waals surface area contributed by atoms with Crippen molar-refractivity contribution >= 4 is 5.97 Å². The van der Waals surface area contributed by atoms with Crippen LogP contribution in [0.4, 0.5) is 0 Å². The second kappa shape index (κ2) is 5.00. The van der Waals surface area contributed by atoms with Crippen molar-refractivity contribution in [2.24, 2.45) is 0 Å². The van der Waals surface area contributed by atoms with E-state index in [0.717, 1.165) is 11.3 Å². The molecule has 1 aromatic carbocycles. The van der Waals surface area contributed by atoms with Crippen LogP contribution in [0.1, 0.15) is 21.5 Å². The van der Waals surface area contributed by atoms with Gasteiger partial charge in [-0.1, -0.05) is 12.1 Å². The molecule has 0 unspecified atom stereocenters. The summed E-state index contributed by atoms with van der Waals surface area (Å²) in [6.45, 7) is 4.13. The summed E-state index contributed by atoms with van der Waals surface area (Å²) in [5.74, 6) is -0.345. The van der Waals surface area contributed by atoms with Gasteiger partial charge in [-0.05, 0) is 43.2 Å². The van der Waals surface area contributed by atoms with Gasteiger partial charge in [0.2, 0.25) is 0 Å². The van der Waals surface area contributed by atoms with Crippen LogP contribution < -0.4 is 0 Å². The highest BCUT2D eigenvalue weighted by atomic mass is 16.5. The molecule has 0 amide bonds. The lowest BCUT2D eigenvalue weighted by atomic mass is 10.0. The topological polar surface area (TPSA) is 39.2 Å². The van der Waals surface area contributed by atoms with E-state index < -0.39 is 0 Å². The largest absolute Gasteiger partial charge is 0.465 e. The van der Waals surface area contributed by atoms with Crippen molar-refractivity contribution in [3.63, 3.8) is 0 Å². The highest BCUT2D eigenvalue weighted by Crippen LogP contribution is 2.21. The Morgan fingerprint density at radius 1 is 1.11 bits per heavy atom. The Kier molecular flexibility index (Phi) is 3.42. The molecule has 0 aliphatic heterocycles. The molecule has 0 N–H and O–H groups in total. The molecule has 3 nitrogen and oxygen atoms in total. The molecule has 0 spiro atoms. The fourth-order valence-corrected chi connectivity index (χ4v) is 1.73. The SMILES string of the molecule is COC(=O)c1ccnc(-c2ccc(C)c(C)c2)c1. The third-order valence-electron chi connectivity index (χ3n) is 2.98. The number of hydrogen-bond donors (Lipinski definition) is 0. The minimum atomic E-state index is -0.345. The van der Waals surface area contributed by atoms with Gasteiger partial charge in [-0.3, -0.25) is 4.98 Å². The predicted octanol–water partition coefficient (Wildman–Crippen LogP) is 3.15. The molecular weight excluding hydrogens is 226 g/mol. The monoisotopic (exact) mass is 241 g/mol. The number of aryl methyl sites for hydroxylation is 2. The maximum atomic E-state index is 11.5. The zero-order valence-electron chi connectivity index (χ0n) is 10.7. The summed E-state index contributed by atoms with van der Waals surface area (Å²) < 4.78 is 4.70. The summed E-state index contributed by atoms with van der Waals surface area (Å²) in [5.41, 5.74) is 4.74. The van der Waals surface area contributed by atoms with Gasteiger partial charge in [-0.25, -0.2) is 4.79 Å². The van der Waals surface area contributed by atoms with Crippen molar-refractivity contribution in [1.82, 2.24) is 4.98 Å². The number of ether oxygens (including phenoxy) is 1. The molecule has 0 saturated heterocycles. The molecular formula is C15H15NO2. The van der Waals surface area contributed by atoms with Crippen molar-refractivity contribution in [3.8, 4) is 11.3 Å². The number of benzene rings is 1. The summed E-state index contributed by atoms with van der Waals surface area (Å²) in [7, 11) is 1.37. The van der Waals surface area contributed by atoms with Crippen molar-refractivity contribution in [1.29, 1.82) is 0 Å². The first kappa shape index (κ1) is 12.3. The first-order valence-corrected chi connectivity index (χ1v) is 5.74. The average Bonchev–Trinajstić information content (AvgIpc) is 2.41. The molecule has 0 radical (unpaired) electrons. The number of hydrogen-bond acceptors (Lipinski definition) is 3. The number of aromatic nitrogens is 1. The van der Waals surface area contributed by atoms with Crippen LogP contribution in [0.3, 0.4) is 0 Å². The highest BCUT2D eigenvalue weighted by molar-refractivity contribution is 5.90. The van der Waals surface area contributed by atoms with Gasteiger partial charge in [0, 0.05) is 11.8 Å². The predicted molar refractivity (Wildman–Crippen MR) is 70.5 cm³/mol. The number of nitrogens with zero attached hydrogens (tertiary/aromatic N) is 1. The number of carbonyl (C=O) groups is 1. The third-order valence-corrected chi connectivity index (χ3v) is 2.98. The van der Waals surface area contributed by atoms with Crippen molar-refractivity contribution in [2.45, 2.75) is 13.8 Å². The lowest BCUT2D eigenvalue weighted by Crippen LogP contribution is -2.01. The fourth-order valence-electron chi connectivity index (χ4n) is 1.73. The summed E-state index contributed by atoms with van der Waals surface area (Å²) in [4.78, 5) is 15.8. The summed E-state index contributed by atoms with van der Waals surface area (Å²) in [5, 5.41) is 0.